The first-order valence-electron chi connectivity index (χ1n) is 13.6. The molecule has 0 amide bonds. The van der Waals surface area contributed by atoms with Crippen LogP contribution in [0.25, 0.3) is 22.3 Å². The smallest absolute Gasteiger partial charge is 0.0991 e. The third-order valence-electron chi connectivity index (χ3n) is 7.11. The van der Waals surface area contributed by atoms with Crippen LogP contribution in [0.4, 0.5) is 0 Å². The van der Waals surface area contributed by atoms with Crippen molar-refractivity contribution in [2.75, 3.05) is 0 Å². The summed E-state index contributed by atoms with van der Waals surface area (Å²) in [5, 5.41) is 8.96. The molecular formula is C36H37N. The predicted octanol–water partition coefficient (Wildman–Crippen LogP) is 9.75. The van der Waals surface area contributed by atoms with Crippen LogP contribution in [0.3, 0.4) is 0 Å². The van der Waals surface area contributed by atoms with Crippen LogP contribution in [0, 0.1) is 11.3 Å². The van der Waals surface area contributed by atoms with Crippen LogP contribution in [0.2, 0.25) is 0 Å². The van der Waals surface area contributed by atoms with Crippen LogP contribution >= 0.6 is 0 Å². The standard InChI is InChI=1S/C36H37N/c1-2-3-9-29-12-20-33(21-13-29)34-22-14-30(15-23-34)10-7-5-4-6-8-11-31-16-24-35(25-17-31)36-26-18-32(28-37)19-27-36/h2,12-27H,1,3-11H2. The van der Waals surface area contributed by atoms with Gasteiger partial charge in [0, 0.05) is 0 Å². The first-order chi connectivity index (χ1) is 18.2. The van der Waals surface area contributed by atoms with Crippen molar-refractivity contribution in [2.24, 2.45) is 0 Å². The second-order valence-corrected chi connectivity index (χ2v) is 9.88. The molecule has 0 saturated carbocycles. The molecule has 4 aromatic carbocycles. The van der Waals surface area contributed by atoms with E-state index in [9.17, 15) is 0 Å². The predicted molar refractivity (Wildman–Crippen MR) is 157 cm³/mol. The number of nitriles is 1. The number of benzene rings is 4. The van der Waals surface area contributed by atoms with Crippen molar-refractivity contribution in [1.82, 2.24) is 0 Å². The Morgan fingerprint density at radius 3 is 1.22 bits per heavy atom. The SMILES string of the molecule is C=CCCc1ccc(-c2ccc(CCCCCCCc3ccc(-c4ccc(C#N)cc4)cc3)cc2)cc1. The number of hydrogen-bond acceptors (Lipinski definition) is 1. The Kier molecular flexibility index (Phi) is 9.91. The average Bonchev–Trinajstić information content (AvgIpc) is 2.96. The van der Waals surface area contributed by atoms with Gasteiger partial charge in [0.1, 0.15) is 0 Å². The minimum atomic E-state index is 0.704. The van der Waals surface area contributed by atoms with E-state index < -0.39 is 0 Å². The highest BCUT2D eigenvalue weighted by atomic mass is 14.2. The van der Waals surface area contributed by atoms with Crippen LogP contribution in [0.5, 0.6) is 0 Å². The molecule has 0 unspecified atom stereocenters. The number of hydrogen-bond donors (Lipinski definition) is 0. The molecular weight excluding hydrogens is 446 g/mol. The van der Waals surface area contributed by atoms with E-state index in [2.05, 4.69) is 85.4 Å². The van der Waals surface area contributed by atoms with E-state index in [1.165, 1.54) is 65.5 Å². The van der Waals surface area contributed by atoms with Gasteiger partial charge in [0.25, 0.3) is 0 Å². The largest absolute Gasteiger partial charge is 0.192 e. The van der Waals surface area contributed by atoms with Gasteiger partial charge >= 0.3 is 0 Å². The maximum Gasteiger partial charge on any atom is 0.0991 e. The molecule has 0 fully saturated rings. The highest BCUT2D eigenvalue weighted by Crippen LogP contribution is 2.23. The van der Waals surface area contributed by atoms with E-state index >= 15 is 0 Å². The Balaban J connectivity index is 1.12. The van der Waals surface area contributed by atoms with E-state index in [4.69, 9.17) is 5.26 Å². The second kappa shape index (κ2) is 14.0. The van der Waals surface area contributed by atoms with Gasteiger partial charge in [-0.3, -0.25) is 0 Å². The van der Waals surface area contributed by atoms with Gasteiger partial charge in [0.15, 0.2) is 0 Å². The average molecular weight is 484 g/mol. The fraction of sp³-hybridized carbons (Fsp3) is 0.250. The summed E-state index contributed by atoms with van der Waals surface area (Å²) in [6.45, 7) is 3.81. The van der Waals surface area contributed by atoms with Gasteiger partial charge in [-0.1, -0.05) is 110 Å². The van der Waals surface area contributed by atoms with Gasteiger partial charge in [0.2, 0.25) is 0 Å². The van der Waals surface area contributed by atoms with Crippen molar-refractivity contribution in [2.45, 2.75) is 57.8 Å². The molecule has 0 aliphatic rings. The third kappa shape index (κ3) is 8.06. The summed E-state index contributed by atoms with van der Waals surface area (Å²) in [6, 6.07) is 36.9. The molecule has 37 heavy (non-hydrogen) atoms. The summed E-state index contributed by atoms with van der Waals surface area (Å²) in [4.78, 5) is 0. The quantitative estimate of drug-likeness (QED) is 0.137. The zero-order valence-electron chi connectivity index (χ0n) is 21.8. The lowest BCUT2D eigenvalue weighted by atomic mass is 9.98. The minimum Gasteiger partial charge on any atom is -0.192 e. The van der Waals surface area contributed by atoms with Crippen molar-refractivity contribution < 1.29 is 0 Å². The highest BCUT2D eigenvalue weighted by molar-refractivity contribution is 5.65. The summed E-state index contributed by atoms with van der Waals surface area (Å²) in [7, 11) is 0. The van der Waals surface area contributed by atoms with Gasteiger partial charge in [0.05, 0.1) is 11.6 Å². The topological polar surface area (TPSA) is 23.8 Å². The maximum absolute atomic E-state index is 8.96. The first-order valence-corrected chi connectivity index (χ1v) is 13.6. The minimum absolute atomic E-state index is 0.704. The monoisotopic (exact) mass is 483 g/mol. The lowest BCUT2D eigenvalue weighted by Crippen LogP contribution is -1.89. The Hall–Kier alpha value is -3.89. The normalized spacial score (nSPS) is 10.7. The second-order valence-electron chi connectivity index (χ2n) is 9.88. The molecule has 0 aliphatic carbocycles. The Labute approximate surface area is 223 Å². The van der Waals surface area contributed by atoms with Gasteiger partial charge in [-0.25, -0.2) is 0 Å². The molecule has 0 spiro atoms. The van der Waals surface area contributed by atoms with Crippen LogP contribution in [0.15, 0.2) is 110 Å². The van der Waals surface area contributed by atoms with E-state index in [-0.39, 0.29) is 0 Å². The van der Waals surface area contributed by atoms with Crippen molar-refractivity contribution in [3.63, 3.8) is 0 Å². The molecule has 0 bridgehead atoms. The Morgan fingerprint density at radius 1 is 0.486 bits per heavy atom. The van der Waals surface area contributed by atoms with Crippen molar-refractivity contribution in [1.29, 1.82) is 5.26 Å². The number of allylic oxidation sites excluding steroid dienone is 1. The third-order valence-corrected chi connectivity index (χ3v) is 7.11. The van der Waals surface area contributed by atoms with Gasteiger partial charge in [-0.05, 0) is 89.6 Å². The summed E-state index contributed by atoms with van der Waals surface area (Å²) < 4.78 is 0. The van der Waals surface area contributed by atoms with Gasteiger partial charge in [-0.2, -0.15) is 5.26 Å². The highest BCUT2D eigenvalue weighted by Gasteiger charge is 2.02. The van der Waals surface area contributed by atoms with Crippen molar-refractivity contribution in [3.8, 4) is 28.3 Å². The molecule has 0 saturated heterocycles. The molecule has 0 aliphatic heterocycles. The van der Waals surface area contributed by atoms with Crippen molar-refractivity contribution >= 4 is 0 Å². The number of nitrogens with zero attached hydrogens (tertiary/aromatic N) is 1. The van der Waals surface area contributed by atoms with Crippen molar-refractivity contribution in [3.05, 3.63) is 132 Å². The summed E-state index contributed by atoms with van der Waals surface area (Å²) in [5.41, 5.74) is 9.87. The van der Waals surface area contributed by atoms with Crippen LogP contribution in [0.1, 0.15) is 60.8 Å². The summed E-state index contributed by atoms with van der Waals surface area (Å²) >= 11 is 0. The van der Waals surface area contributed by atoms with E-state index in [1.54, 1.807) is 0 Å². The summed E-state index contributed by atoms with van der Waals surface area (Å²) in [5.74, 6) is 0. The molecule has 4 rings (SSSR count). The molecule has 0 atom stereocenters. The zero-order valence-corrected chi connectivity index (χ0v) is 21.8. The number of aryl methyl sites for hydroxylation is 3. The van der Waals surface area contributed by atoms with E-state index in [0.717, 1.165) is 31.2 Å². The fourth-order valence-electron chi connectivity index (χ4n) is 4.79. The molecule has 1 heteroatoms. The molecule has 1 nitrogen and oxygen atoms in total. The molecule has 0 radical (unpaired) electrons. The van der Waals surface area contributed by atoms with Crippen LogP contribution in [-0.4, -0.2) is 0 Å². The van der Waals surface area contributed by atoms with Crippen LogP contribution < -0.4 is 0 Å². The van der Waals surface area contributed by atoms with Gasteiger partial charge < -0.3 is 0 Å². The van der Waals surface area contributed by atoms with E-state index in [0.29, 0.717) is 5.56 Å². The molecule has 0 N–H and O–H groups in total. The summed E-state index contributed by atoms with van der Waals surface area (Å²) in [6.07, 6.45) is 12.8. The van der Waals surface area contributed by atoms with E-state index in [1.807, 2.05) is 30.3 Å². The van der Waals surface area contributed by atoms with Gasteiger partial charge in [-0.15, -0.1) is 6.58 Å². The Bertz CT molecular complexity index is 1270. The Morgan fingerprint density at radius 2 is 0.838 bits per heavy atom. The fourth-order valence-corrected chi connectivity index (χ4v) is 4.79. The molecule has 0 heterocycles. The molecule has 0 aromatic heterocycles. The number of unbranched alkanes of at least 4 members (excludes halogenated alkanes) is 4. The zero-order chi connectivity index (χ0) is 25.7. The van der Waals surface area contributed by atoms with Crippen LogP contribution in [-0.2, 0) is 19.3 Å². The molecule has 186 valence electrons. The lowest BCUT2D eigenvalue weighted by Gasteiger charge is -2.07. The first kappa shape index (κ1) is 26.2. The molecule has 4 aromatic rings. The maximum atomic E-state index is 8.96. The number of rotatable bonds is 13. The lowest BCUT2D eigenvalue weighted by molar-refractivity contribution is 0.613.